The van der Waals surface area contributed by atoms with Crippen LogP contribution in [0.1, 0.15) is 303 Å². The molecule has 0 bridgehead atoms. The third kappa shape index (κ3) is 66.2. The highest BCUT2D eigenvalue weighted by Gasteiger charge is 2.27. The van der Waals surface area contributed by atoms with E-state index in [2.05, 4.69) is 98.9 Å². The Balaban J connectivity index is 4.09. The molecule has 0 fully saturated rings. The number of allylic oxidation sites excluding steroid dienone is 14. The van der Waals surface area contributed by atoms with E-state index in [0.29, 0.717) is 17.4 Å². The average molecular weight is 1160 g/mol. The first kappa shape index (κ1) is 78.2. The summed E-state index contributed by atoms with van der Waals surface area (Å²) in [5, 5.41) is 0. The normalized spacial score (nSPS) is 13.7. The van der Waals surface area contributed by atoms with E-state index in [9.17, 15) is 19.0 Å². The first-order valence-corrected chi connectivity index (χ1v) is 35.3. The summed E-state index contributed by atoms with van der Waals surface area (Å²) in [6.07, 6.45) is 84.1. The van der Waals surface area contributed by atoms with Crippen molar-refractivity contribution in [2.24, 2.45) is 0 Å². The molecule has 0 saturated heterocycles. The highest BCUT2D eigenvalue weighted by molar-refractivity contribution is 7.47. The zero-order chi connectivity index (χ0) is 59.1. The van der Waals surface area contributed by atoms with Crippen molar-refractivity contribution in [2.75, 3.05) is 47.5 Å². The summed E-state index contributed by atoms with van der Waals surface area (Å²) in [7, 11) is 1.45. The molecular formula is C71H129NO8P+. The summed E-state index contributed by atoms with van der Waals surface area (Å²) < 4.78 is 34.6. The highest BCUT2D eigenvalue weighted by atomic mass is 31.2. The van der Waals surface area contributed by atoms with Gasteiger partial charge >= 0.3 is 19.8 Å². The zero-order valence-electron chi connectivity index (χ0n) is 53.5. The summed E-state index contributed by atoms with van der Waals surface area (Å²) in [6, 6.07) is 0. The summed E-state index contributed by atoms with van der Waals surface area (Å²) in [4.78, 5) is 35.8. The van der Waals surface area contributed by atoms with Crippen LogP contribution in [0.2, 0.25) is 0 Å². The van der Waals surface area contributed by atoms with Crippen LogP contribution in [0, 0.1) is 0 Å². The van der Waals surface area contributed by atoms with Crippen molar-refractivity contribution in [2.45, 2.75) is 309 Å². The van der Waals surface area contributed by atoms with Gasteiger partial charge < -0.3 is 18.9 Å². The Labute approximate surface area is 501 Å². The van der Waals surface area contributed by atoms with Gasteiger partial charge in [-0.1, -0.05) is 304 Å². The van der Waals surface area contributed by atoms with Crippen LogP contribution in [-0.2, 0) is 32.7 Å². The number of phosphoric ester groups is 1. The number of hydrogen-bond acceptors (Lipinski definition) is 7. The fourth-order valence-electron chi connectivity index (χ4n) is 9.53. The van der Waals surface area contributed by atoms with Gasteiger partial charge in [0.05, 0.1) is 27.7 Å². The Morgan fingerprint density at radius 1 is 0.395 bits per heavy atom. The summed E-state index contributed by atoms with van der Waals surface area (Å²) in [6.45, 7) is 4.31. The lowest BCUT2D eigenvalue weighted by molar-refractivity contribution is -0.870. The zero-order valence-corrected chi connectivity index (χ0v) is 54.4. The van der Waals surface area contributed by atoms with Gasteiger partial charge in [0.2, 0.25) is 0 Å². The molecule has 0 aromatic heterocycles. The van der Waals surface area contributed by atoms with Gasteiger partial charge in [0.25, 0.3) is 0 Å². The van der Waals surface area contributed by atoms with Crippen LogP contribution >= 0.6 is 7.82 Å². The van der Waals surface area contributed by atoms with E-state index in [1.54, 1.807) is 0 Å². The van der Waals surface area contributed by atoms with E-state index in [1.807, 2.05) is 21.1 Å². The molecule has 0 aromatic rings. The molecule has 9 nitrogen and oxygen atoms in total. The number of rotatable bonds is 62. The molecule has 2 atom stereocenters. The smallest absolute Gasteiger partial charge is 0.462 e. The summed E-state index contributed by atoms with van der Waals surface area (Å²) in [5.74, 6) is -0.829. The lowest BCUT2D eigenvalue weighted by Gasteiger charge is -2.24. The number of carbonyl (C=O) groups is 2. The lowest BCUT2D eigenvalue weighted by atomic mass is 10.0. The van der Waals surface area contributed by atoms with Crippen LogP contribution in [0.15, 0.2) is 85.1 Å². The molecule has 10 heteroatoms. The Hall–Kier alpha value is -2.81. The second-order valence-corrected chi connectivity index (χ2v) is 25.3. The number of phosphoric acid groups is 1. The predicted molar refractivity (Wildman–Crippen MR) is 349 cm³/mol. The molecule has 0 amide bonds. The fraction of sp³-hybridized carbons (Fsp3) is 0.775. The molecular weight excluding hydrogens is 1030 g/mol. The average Bonchev–Trinajstić information content (AvgIpc) is 3.43. The maximum absolute atomic E-state index is 12.8. The lowest BCUT2D eigenvalue weighted by Crippen LogP contribution is -2.37. The Morgan fingerprint density at radius 3 is 1.05 bits per heavy atom. The number of carbonyl (C=O) groups excluding carboxylic acids is 2. The second-order valence-electron chi connectivity index (χ2n) is 23.8. The standard InChI is InChI=1S/C71H128NO8P/c1-6-8-10-12-14-16-18-20-22-24-26-28-30-32-33-34-35-36-37-38-40-41-43-45-47-49-51-53-55-57-59-61-63-70(73)77-67-69(68-79-81(75,76)78-66-65-72(3,4)5)80-71(74)64-62-60-58-56-54-52-50-48-46-44-42-39-31-29-27-25-23-21-19-17-15-13-11-9-7-2/h9,11,15,17,21,23,27,29,39,42,46,48,52,54,69H,6-8,10,12-14,16,18-20,22,24-26,28,30-38,40-41,43-45,47,49-51,53,55-68H2,1-5H3/p+1/b11-9-,17-15-,23-21-,29-27-,42-39-,48-46-,54-52-. The number of nitrogens with zero attached hydrogens (tertiary/aromatic N) is 1. The van der Waals surface area contributed by atoms with Gasteiger partial charge in [-0.3, -0.25) is 18.6 Å². The van der Waals surface area contributed by atoms with Crippen molar-refractivity contribution in [3.63, 3.8) is 0 Å². The Kier molecular flexibility index (Phi) is 59.6. The molecule has 2 unspecified atom stereocenters. The molecule has 0 radical (unpaired) electrons. The van der Waals surface area contributed by atoms with E-state index in [-0.39, 0.29) is 32.0 Å². The van der Waals surface area contributed by atoms with Crippen molar-refractivity contribution in [1.82, 2.24) is 0 Å². The molecule has 0 saturated carbocycles. The molecule has 0 aliphatic rings. The Morgan fingerprint density at radius 2 is 0.704 bits per heavy atom. The molecule has 0 aliphatic carbocycles. The molecule has 470 valence electrons. The van der Waals surface area contributed by atoms with Crippen molar-refractivity contribution in [1.29, 1.82) is 0 Å². The van der Waals surface area contributed by atoms with Crippen LogP contribution in [0.4, 0.5) is 0 Å². The molecule has 0 aromatic carbocycles. The van der Waals surface area contributed by atoms with E-state index in [4.69, 9.17) is 18.5 Å². The van der Waals surface area contributed by atoms with Crippen LogP contribution in [-0.4, -0.2) is 74.9 Å². The Bertz CT molecular complexity index is 1640. The van der Waals surface area contributed by atoms with E-state index < -0.39 is 26.5 Å². The van der Waals surface area contributed by atoms with Crippen molar-refractivity contribution < 1.29 is 42.1 Å². The van der Waals surface area contributed by atoms with E-state index in [0.717, 1.165) is 83.5 Å². The third-order valence-electron chi connectivity index (χ3n) is 14.7. The SMILES string of the molecule is CC/C=C\C/C=C\C/C=C\C/C=C\C/C=C\C/C=C\C/C=C\CCCCCC(=O)OC(COC(=O)CCCCCCCCCCCCCCCCCCCCCCCCCCCCCCCCCC)COP(=O)(O)OCC[N+](C)(C)C. The number of esters is 2. The number of ether oxygens (including phenoxy) is 2. The number of quaternary nitrogens is 1. The van der Waals surface area contributed by atoms with Crippen LogP contribution in [0.3, 0.4) is 0 Å². The minimum atomic E-state index is -4.40. The molecule has 81 heavy (non-hydrogen) atoms. The van der Waals surface area contributed by atoms with Crippen LogP contribution < -0.4 is 0 Å². The third-order valence-corrected chi connectivity index (χ3v) is 15.7. The maximum Gasteiger partial charge on any atom is 0.472 e. The first-order valence-electron chi connectivity index (χ1n) is 33.8. The topological polar surface area (TPSA) is 108 Å². The predicted octanol–water partition coefficient (Wildman–Crippen LogP) is 21.8. The van der Waals surface area contributed by atoms with Gasteiger partial charge in [-0.25, -0.2) is 4.57 Å². The van der Waals surface area contributed by atoms with Crippen molar-refractivity contribution in [3.8, 4) is 0 Å². The maximum atomic E-state index is 12.8. The fourth-order valence-corrected chi connectivity index (χ4v) is 10.3. The van der Waals surface area contributed by atoms with Gasteiger partial charge in [-0.05, 0) is 70.6 Å². The van der Waals surface area contributed by atoms with Gasteiger partial charge in [0, 0.05) is 12.8 Å². The van der Waals surface area contributed by atoms with Crippen LogP contribution in [0.25, 0.3) is 0 Å². The van der Waals surface area contributed by atoms with Crippen molar-refractivity contribution >= 4 is 19.8 Å². The highest BCUT2D eigenvalue weighted by Crippen LogP contribution is 2.43. The van der Waals surface area contributed by atoms with Gasteiger partial charge in [0.15, 0.2) is 6.10 Å². The van der Waals surface area contributed by atoms with E-state index >= 15 is 0 Å². The molecule has 0 rings (SSSR count). The minimum absolute atomic E-state index is 0.0220. The number of unbranched alkanes of at least 4 members (excludes halogenated alkanes) is 34. The second kappa shape index (κ2) is 61.7. The van der Waals surface area contributed by atoms with Gasteiger partial charge in [-0.2, -0.15) is 0 Å². The molecule has 0 aliphatic heterocycles. The first-order chi connectivity index (χ1) is 39.5. The van der Waals surface area contributed by atoms with E-state index in [1.165, 1.54) is 186 Å². The summed E-state index contributed by atoms with van der Waals surface area (Å²) >= 11 is 0. The monoisotopic (exact) mass is 1150 g/mol. The molecule has 0 spiro atoms. The van der Waals surface area contributed by atoms with Gasteiger partial charge in [0.1, 0.15) is 19.8 Å². The minimum Gasteiger partial charge on any atom is -0.462 e. The van der Waals surface area contributed by atoms with Crippen LogP contribution in [0.5, 0.6) is 0 Å². The molecule has 1 N–H and O–H groups in total. The summed E-state index contributed by atoms with van der Waals surface area (Å²) in [5.41, 5.74) is 0. The largest absolute Gasteiger partial charge is 0.472 e. The number of likely N-dealkylation sites (N-methyl/N-ethyl adjacent to an activating group) is 1. The quantitative estimate of drug-likeness (QED) is 0.0211. The molecule has 0 heterocycles. The van der Waals surface area contributed by atoms with Crippen molar-refractivity contribution in [3.05, 3.63) is 85.1 Å². The van der Waals surface area contributed by atoms with Gasteiger partial charge in [-0.15, -0.1) is 0 Å². The number of hydrogen-bond donors (Lipinski definition) is 1.